The largest absolute Gasteiger partial charge is 0.493 e. The molecule has 0 aromatic heterocycles. The van der Waals surface area contributed by atoms with Crippen LogP contribution in [0.2, 0.25) is 0 Å². The van der Waals surface area contributed by atoms with Crippen molar-refractivity contribution in [3.8, 4) is 11.5 Å². The second-order valence-corrected chi connectivity index (χ2v) is 13.6. The van der Waals surface area contributed by atoms with E-state index in [9.17, 15) is 9.90 Å². The van der Waals surface area contributed by atoms with E-state index in [1.54, 1.807) is 7.11 Å². The Morgan fingerprint density at radius 3 is 2.70 bits per heavy atom. The number of hydrogen-bond acceptors (Lipinski definition) is 7. The quantitative estimate of drug-likeness (QED) is 0.609. The molecule has 5 atom stereocenters. The minimum absolute atomic E-state index is 0.109. The van der Waals surface area contributed by atoms with Crippen molar-refractivity contribution in [2.24, 2.45) is 5.92 Å². The zero-order valence-corrected chi connectivity index (χ0v) is 22.8. The molecule has 7 heteroatoms. The Labute approximate surface area is 220 Å². The van der Waals surface area contributed by atoms with Gasteiger partial charge in [0.25, 0.3) is 0 Å². The monoisotopic (exact) mass is 510 g/mol. The van der Waals surface area contributed by atoms with Crippen molar-refractivity contribution in [3.63, 3.8) is 0 Å². The number of methoxy groups -OCH3 is 1. The normalized spacial score (nSPS) is 38.4. The number of aliphatic hydroxyl groups is 1. The molecule has 3 aliphatic carbocycles. The Balaban J connectivity index is 1.33. The fourth-order valence-electron chi connectivity index (χ4n) is 9.04. The van der Waals surface area contributed by atoms with Crippen molar-refractivity contribution >= 4 is 5.97 Å². The van der Waals surface area contributed by atoms with E-state index >= 15 is 0 Å². The Morgan fingerprint density at radius 2 is 1.97 bits per heavy atom. The highest BCUT2D eigenvalue weighted by atomic mass is 16.6. The summed E-state index contributed by atoms with van der Waals surface area (Å²) >= 11 is 0. The van der Waals surface area contributed by atoms with E-state index in [1.165, 1.54) is 24.0 Å². The number of esters is 1. The summed E-state index contributed by atoms with van der Waals surface area (Å²) in [4.78, 5) is 18.0. The molecule has 6 aliphatic rings. The van der Waals surface area contributed by atoms with Crippen LogP contribution in [-0.4, -0.2) is 83.1 Å². The number of carbonyl (C=O) groups is 1. The molecule has 3 heterocycles. The molecule has 2 spiro atoms. The summed E-state index contributed by atoms with van der Waals surface area (Å²) in [6.07, 6.45) is 7.74. The van der Waals surface area contributed by atoms with E-state index in [0.29, 0.717) is 0 Å². The zero-order valence-electron chi connectivity index (χ0n) is 22.8. The van der Waals surface area contributed by atoms with Gasteiger partial charge in [0, 0.05) is 18.2 Å². The first-order chi connectivity index (χ1) is 17.6. The molecule has 37 heavy (non-hydrogen) atoms. The molecular formula is C30H42N2O5. The lowest BCUT2D eigenvalue weighted by Gasteiger charge is -2.67. The Hall–Kier alpha value is -1.83. The van der Waals surface area contributed by atoms with Gasteiger partial charge >= 0.3 is 5.97 Å². The van der Waals surface area contributed by atoms with Gasteiger partial charge in [-0.15, -0.1) is 0 Å². The molecule has 1 aromatic rings. The molecule has 202 valence electrons. The van der Waals surface area contributed by atoms with Gasteiger partial charge < -0.3 is 19.3 Å². The fourth-order valence-corrected chi connectivity index (χ4v) is 9.04. The maximum atomic E-state index is 13.0. The topological polar surface area (TPSA) is 71.5 Å². The highest BCUT2D eigenvalue weighted by Gasteiger charge is 2.77. The van der Waals surface area contributed by atoms with Gasteiger partial charge in [0.15, 0.2) is 11.5 Å². The van der Waals surface area contributed by atoms with Crippen molar-refractivity contribution in [1.82, 2.24) is 9.80 Å². The van der Waals surface area contributed by atoms with Gasteiger partial charge in [0.05, 0.1) is 30.2 Å². The first-order valence-corrected chi connectivity index (χ1v) is 14.4. The Bertz CT molecular complexity index is 1130. The maximum Gasteiger partial charge on any atom is 0.320 e. The molecular weight excluding hydrogens is 468 g/mol. The number of nitrogens with zero attached hydrogens (tertiary/aromatic N) is 2. The van der Waals surface area contributed by atoms with E-state index in [2.05, 4.69) is 15.9 Å². The summed E-state index contributed by atoms with van der Waals surface area (Å²) in [5, 5.41) is 12.9. The number of rotatable bonds is 5. The van der Waals surface area contributed by atoms with Gasteiger partial charge in [-0.05, 0) is 103 Å². The van der Waals surface area contributed by atoms with Crippen LogP contribution in [0.3, 0.4) is 0 Å². The molecule has 7 rings (SSSR count). The van der Waals surface area contributed by atoms with Crippen LogP contribution in [0.4, 0.5) is 0 Å². The van der Waals surface area contributed by atoms with Gasteiger partial charge in [-0.2, -0.15) is 0 Å². The second-order valence-electron chi connectivity index (χ2n) is 13.6. The predicted molar refractivity (Wildman–Crippen MR) is 139 cm³/mol. The van der Waals surface area contributed by atoms with Crippen molar-refractivity contribution < 1.29 is 24.1 Å². The Kier molecular flexibility index (Phi) is 5.15. The number of ether oxygens (including phenoxy) is 3. The molecule has 1 N–H and O–H groups in total. The molecule has 1 aromatic carbocycles. The van der Waals surface area contributed by atoms with Crippen molar-refractivity contribution in [3.05, 3.63) is 23.3 Å². The maximum absolute atomic E-state index is 13.0. The smallest absolute Gasteiger partial charge is 0.320 e. The third-order valence-electron chi connectivity index (χ3n) is 10.6. The number of piperidine rings is 1. The number of benzene rings is 1. The Morgan fingerprint density at radius 1 is 1.16 bits per heavy atom. The van der Waals surface area contributed by atoms with Gasteiger partial charge in [0.2, 0.25) is 0 Å². The molecule has 0 radical (unpaired) electrons. The molecule has 3 aliphatic heterocycles. The van der Waals surface area contributed by atoms with Crippen molar-refractivity contribution in [1.29, 1.82) is 0 Å². The highest BCUT2D eigenvalue weighted by molar-refractivity contribution is 5.72. The molecule has 4 fully saturated rings. The molecule has 7 nitrogen and oxygen atoms in total. The van der Waals surface area contributed by atoms with Crippen LogP contribution in [0.25, 0.3) is 0 Å². The predicted octanol–water partition coefficient (Wildman–Crippen LogP) is 3.44. The minimum Gasteiger partial charge on any atom is -0.493 e. The number of likely N-dealkylation sites (tertiary alicyclic amines) is 2. The lowest BCUT2D eigenvalue weighted by atomic mass is 9.45. The first kappa shape index (κ1) is 24.2. The van der Waals surface area contributed by atoms with Crippen molar-refractivity contribution in [2.75, 3.05) is 33.3 Å². The minimum atomic E-state index is -0.846. The summed E-state index contributed by atoms with van der Waals surface area (Å²) in [6.45, 7) is 8.98. The fraction of sp³-hybridized carbons (Fsp3) is 0.767. The average molecular weight is 511 g/mol. The van der Waals surface area contributed by atoms with Crippen LogP contribution in [0.5, 0.6) is 11.5 Å². The summed E-state index contributed by atoms with van der Waals surface area (Å²) in [5.41, 5.74) is 0.366. The molecule has 0 unspecified atom stereocenters. The van der Waals surface area contributed by atoms with Gasteiger partial charge in [0.1, 0.15) is 11.7 Å². The van der Waals surface area contributed by atoms with E-state index in [0.717, 1.165) is 75.6 Å². The summed E-state index contributed by atoms with van der Waals surface area (Å²) in [6, 6.07) is 4.37. The molecule has 2 saturated heterocycles. The van der Waals surface area contributed by atoms with Crippen LogP contribution >= 0.6 is 0 Å². The summed E-state index contributed by atoms with van der Waals surface area (Å²) in [5.74, 6) is 2.20. The van der Waals surface area contributed by atoms with E-state index in [-0.39, 0.29) is 30.2 Å². The van der Waals surface area contributed by atoms with E-state index in [1.807, 2.05) is 26.8 Å². The zero-order chi connectivity index (χ0) is 25.8. The van der Waals surface area contributed by atoms with E-state index < -0.39 is 16.6 Å². The lowest BCUT2D eigenvalue weighted by Crippen LogP contribution is -2.80. The average Bonchev–Trinajstić information content (AvgIpc) is 3.45. The third kappa shape index (κ3) is 3.26. The highest BCUT2D eigenvalue weighted by Crippen LogP contribution is 2.69. The number of fused-ring (bicyclic) bond motifs is 1. The molecule has 0 amide bonds. The van der Waals surface area contributed by atoms with Crippen LogP contribution in [0.15, 0.2) is 12.1 Å². The van der Waals surface area contributed by atoms with E-state index in [4.69, 9.17) is 14.2 Å². The van der Waals surface area contributed by atoms with Gasteiger partial charge in [-0.1, -0.05) is 6.07 Å². The van der Waals surface area contributed by atoms with Crippen LogP contribution in [-0.2, 0) is 21.4 Å². The second kappa shape index (κ2) is 7.86. The van der Waals surface area contributed by atoms with Crippen molar-refractivity contribution in [2.45, 2.75) is 106 Å². The van der Waals surface area contributed by atoms with Gasteiger partial charge in [-0.3, -0.25) is 14.6 Å². The van der Waals surface area contributed by atoms with Crippen LogP contribution in [0, 0.1) is 5.92 Å². The third-order valence-corrected chi connectivity index (χ3v) is 10.6. The number of hydrogen-bond donors (Lipinski definition) is 1. The standard InChI is InChI=1S/C30H42N2O5/c1-27(2,3)37-23(33)18-32-14-5-10-28(32)11-12-30(34)22-16-20-8-9-21(35-4)25-24(20)29(30,26(28)36-25)13-15-31(22)17-19-6-7-19/h8-9,19,22,26,34H,5-7,10-18H2,1-4H3/t22-,26+,28-,29+,30-/m1/s1. The van der Waals surface area contributed by atoms with Crippen LogP contribution < -0.4 is 9.47 Å². The first-order valence-electron chi connectivity index (χ1n) is 14.4. The lowest BCUT2D eigenvalue weighted by molar-refractivity contribution is -0.217. The number of carbonyl (C=O) groups excluding carboxylic acids is 1. The SMILES string of the molecule is COc1ccc2c3c1O[C@H]1[C@@]4(CCCN4CC(=O)OC(C)(C)C)CC[C@@]4(O)[C@@H](C2)N(CC2CC2)CC[C@]314. The van der Waals surface area contributed by atoms with Gasteiger partial charge in [-0.25, -0.2) is 0 Å². The summed E-state index contributed by atoms with van der Waals surface area (Å²) < 4.78 is 18.6. The molecule has 2 bridgehead atoms. The van der Waals surface area contributed by atoms with Crippen LogP contribution in [0.1, 0.15) is 76.8 Å². The molecule has 2 saturated carbocycles. The summed E-state index contributed by atoms with van der Waals surface area (Å²) in [7, 11) is 1.71.